The first-order valence-electron chi connectivity index (χ1n) is 9.17. The monoisotopic (exact) mass is 429 g/mol. The van der Waals surface area contributed by atoms with E-state index in [1.807, 2.05) is 0 Å². The fraction of sp³-hybridized carbons (Fsp3) is 0.556. The summed E-state index contributed by atoms with van der Waals surface area (Å²) >= 11 is 0. The lowest BCUT2D eigenvalue weighted by Crippen LogP contribution is -2.27. The Hall–Kier alpha value is -1.78. The zero-order valence-electron chi connectivity index (χ0n) is 15.4. The smallest absolute Gasteiger partial charge is 0.306 e. The summed E-state index contributed by atoms with van der Waals surface area (Å²) in [6.07, 6.45) is 2.08. The van der Waals surface area contributed by atoms with E-state index in [0.29, 0.717) is 19.5 Å². The third-order valence-electron chi connectivity index (χ3n) is 5.03. The minimum Gasteiger partial charge on any atom is -0.457 e. The van der Waals surface area contributed by atoms with Crippen LogP contribution in [0.25, 0.3) is 0 Å². The first kappa shape index (κ1) is 20.9. The highest BCUT2D eigenvalue weighted by Crippen LogP contribution is 2.23. The van der Waals surface area contributed by atoms with Crippen molar-refractivity contribution in [2.75, 3.05) is 31.2 Å². The van der Waals surface area contributed by atoms with Crippen molar-refractivity contribution in [3.8, 4) is 0 Å². The predicted octanol–water partition coefficient (Wildman–Crippen LogP) is 1.02. The average molecular weight is 430 g/mol. The Morgan fingerprint density at radius 1 is 1.11 bits per heavy atom. The molecule has 3 rings (SSSR count). The molecule has 0 aromatic heterocycles. The predicted molar refractivity (Wildman–Crippen MR) is 101 cm³/mol. The zero-order chi connectivity index (χ0) is 20.4. The van der Waals surface area contributed by atoms with Crippen LogP contribution in [0.4, 0.5) is 0 Å². The molecule has 1 aromatic carbocycles. The van der Waals surface area contributed by atoms with E-state index in [4.69, 9.17) is 4.74 Å². The quantitative estimate of drug-likeness (QED) is 0.469. The second kappa shape index (κ2) is 8.30. The summed E-state index contributed by atoms with van der Waals surface area (Å²) in [6.45, 7) is 0.541. The van der Waals surface area contributed by atoms with Crippen LogP contribution >= 0.6 is 0 Å². The number of rotatable bonds is 7. The Kier molecular flexibility index (Phi) is 6.21. The molecule has 0 radical (unpaired) electrons. The van der Waals surface area contributed by atoms with Crippen molar-refractivity contribution in [1.82, 2.24) is 4.31 Å². The molecule has 1 atom stereocenters. The van der Waals surface area contributed by atoms with Gasteiger partial charge in [0, 0.05) is 25.1 Å². The second-order valence-electron chi connectivity index (χ2n) is 7.19. The maximum Gasteiger partial charge on any atom is 0.306 e. The molecule has 10 heteroatoms. The third-order valence-corrected chi connectivity index (χ3v) is 8.78. The molecule has 2 aliphatic rings. The van der Waals surface area contributed by atoms with Crippen LogP contribution in [0.15, 0.2) is 29.2 Å². The van der Waals surface area contributed by atoms with Crippen LogP contribution < -0.4 is 0 Å². The number of ketones is 1. The molecule has 0 spiro atoms. The molecule has 2 saturated heterocycles. The molecule has 28 heavy (non-hydrogen) atoms. The number of esters is 1. The molecule has 0 aliphatic carbocycles. The van der Waals surface area contributed by atoms with E-state index in [9.17, 15) is 26.4 Å². The largest absolute Gasteiger partial charge is 0.457 e. The fourth-order valence-electron chi connectivity index (χ4n) is 3.45. The van der Waals surface area contributed by atoms with Crippen LogP contribution in [0.5, 0.6) is 0 Å². The van der Waals surface area contributed by atoms with Gasteiger partial charge >= 0.3 is 5.97 Å². The van der Waals surface area contributed by atoms with E-state index >= 15 is 0 Å². The van der Waals surface area contributed by atoms with Gasteiger partial charge in [-0.3, -0.25) is 9.59 Å². The van der Waals surface area contributed by atoms with E-state index in [2.05, 4.69) is 0 Å². The van der Waals surface area contributed by atoms with Crippen molar-refractivity contribution in [2.45, 2.75) is 30.6 Å². The standard InChI is InChI=1S/C18H23NO7S2/c20-17(12-26-18(21)11-14-7-10-27(22,23)13-14)15-3-5-16(6-4-15)28(24,25)19-8-1-2-9-19/h3-6,14H,1-2,7-13H2. The van der Waals surface area contributed by atoms with Crippen LogP contribution in [0.1, 0.15) is 36.0 Å². The summed E-state index contributed by atoms with van der Waals surface area (Å²) in [4.78, 5) is 24.1. The SMILES string of the molecule is O=C(CC1CCS(=O)(=O)C1)OCC(=O)c1ccc(S(=O)(=O)N2CCCC2)cc1. The van der Waals surface area contributed by atoms with Gasteiger partial charge in [0.05, 0.1) is 16.4 Å². The Balaban J connectivity index is 1.52. The minimum absolute atomic E-state index is 0.0248. The van der Waals surface area contributed by atoms with E-state index in [-0.39, 0.29) is 34.3 Å². The van der Waals surface area contributed by atoms with Gasteiger partial charge in [0.1, 0.15) is 0 Å². The molecule has 0 amide bonds. The van der Waals surface area contributed by atoms with Crippen molar-refractivity contribution in [1.29, 1.82) is 0 Å². The Bertz CT molecular complexity index is 946. The lowest BCUT2D eigenvalue weighted by molar-refractivity contribution is -0.143. The third kappa shape index (κ3) is 4.98. The second-order valence-corrected chi connectivity index (χ2v) is 11.4. The topological polar surface area (TPSA) is 115 Å². The summed E-state index contributed by atoms with van der Waals surface area (Å²) < 4.78 is 54.1. The molecule has 0 saturated carbocycles. The lowest BCUT2D eigenvalue weighted by Gasteiger charge is -2.15. The molecule has 1 unspecified atom stereocenters. The van der Waals surface area contributed by atoms with Crippen molar-refractivity contribution < 1.29 is 31.2 Å². The van der Waals surface area contributed by atoms with Crippen molar-refractivity contribution in [3.05, 3.63) is 29.8 Å². The number of sulfonamides is 1. The van der Waals surface area contributed by atoms with Gasteiger partial charge in [-0.15, -0.1) is 0 Å². The Labute approximate surface area is 164 Å². The van der Waals surface area contributed by atoms with Gasteiger partial charge in [-0.2, -0.15) is 4.31 Å². The summed E-state index contributed by atoms with van der Waals surface area (Å²) in [7, 11) is -6.61. The number of benzene rings is 1. The van der Waals surface area contributed by atoms with Gasteiger partial charge in [0.15, 0.2) is 22.2 Å². The molecular formula is C18H23NO7S2. The maximum atomic E-state index is 12.5. The Morgan fingerprint density at radius 3 is 2.32 bits per heavy atom. The van der Waals surface area contributed by atoms with Crippen LogP contribution in [0.2, 0.25) is 0 Å². The van der Waals surface area contributed by atoms with Crippen LogP contribution in [0.3, 0.4) is 0 Å². The first-order valence-corrected chi connectivity index (χ1v) is 12.4. The van der Waals surface area contributed by atoms with E-state index in [1.54, 1.807) is 0 Å². The first-order chi connectivity index (χ1) is 13.2. The van der Waals surface area contributed by atoms with Crippen LogP contribution in [-0.2, 0) is 29.4 Å². The highest BCUT2D eigenvalue weighted by molar-refractivity contribution is 7.91. The van der Waals surface area contributed by atoms with Gasteiger partial charge in [0.25, 0.3) is 0 Å². The molecular weight excluding hydrogens is 406 g/mol. The number of Topliss-reactive ketones (excluding diaryl/α,β-unsaturated/α-hetero) is 1. The highest BCUT2D eigenvalue weighted by Gasteiger charge is 2.30. The van der Waals surface area contributed by atoms with Gasteiger partial charge < -0.3 is 4.74 Å². The molecule has 2 aliphatic heterocycles. The zero-order valence-corrected chi connectivity index (χ0v) is 17.0. The number of hydrogen-bond acceptors (Lipinski definition) is 7. The molecule has 2 fully saturated rings. The molecule has 2 heterocycles. The number of hydrogen-bond donors (Lipinski definition) is 0. The molecule has 0 N–H and O–H groups in total. The normalized spacial score (nSPS) is 22.2. The van der Waals surface area contributed by atoms with Crippen LogP contribution in [0, 0.1) is 5.92 Å². The minimum atomic E-state index is -3.54. The van der Waals surface area contributed by atoms with Gasteiger partial charge in [-0.05, 0) is 49.4 Å². The maximum absolute atomic E-state index is 12.5. The van der Waals surface area contributed by atoms with Gasteiger partial charge in [-0.1, -0.05) is 0 Å². The summed E-state index contributed by atoms with van der Waals surface area (Å²) in [6, 6.07) is 5.57. The van der Waals surface area contributed by atoms with Crippen molar-refractivity contribution in [2.24, 2.45) is 5.92 Å². The summed E-state index contributed by atoms with van der Waals surface area (Å²) in [5.74, 6) is -1.26. The molecule has 0 bridgehead atoms. The average Bonchev–Trinajstić information content (AvgIpc) is 3.30. The summed E-state index contributed by atoms with van der Waals surface area (Å²) in [5, 5.41) is 0. The fourth-order valence-corrected chi connectivity index (χ4v) is 6.83. The van der Waals surface area contributed by atoms with E-state index in [0.717, 1.165) is 12.8 Å². The van der Waals surface area contributed by atoms with Gasteiger partial charge in [0.2, 0.25) is 10.0 Å². The van der Waals surface area contributed by atoms with Gasteiger partial charge in [-0.25, -0.2) is 16.8 Å². The summed E-state index contributed by atoms with van der Waals surface area (Å²) in [5.41, 5.74) is 0.247. The highest BCUT2D eigenvalue weighted by atomic mass is 32.2. The van der Waals surface area contributed by atoms with Crippen LogP contribution in [-0.4, -0.2) is 64.1 Å². The van der Waals surface area contributed by atoms with E-state index in [1.165, 1.54) is 28.6 Å². The lowest BCUT2D eigenvalue weighted by atomic mass is 10.1. The number of nitrogens with zero attached hydrogens (tertiary/aromatic N) is 1. The molecule has 154 valence electrons. The number of carbonyl (C=O) groups excluding carboxylic acids is 2. The van der Waals surface area contributed by atoms with Crippen molar-refractivity contribution >= 4 is 31.6 Å². The number of carbonyl (C=O) groups is 2. The van der Waals surface area contributed by atoms with Crippen molar-refractivity contribution in [3.63, 3.8) is 0 Å². The van der Waals surface area contributed by atoms with E-state index < -0.39 is 38.2 Å². The Morgan fingerprint density at radius 2 is 1.75 bits per heavy atom. The number of ether oxygens (including phenoxy) is 1. The number of sulfone groups is 1. The molecule has 8 nitrogen and oxygen atoms in total. The molecule has 1 aromatic rings.